The number of nitrogens with one attached hydrogen (secondary N) is 1. The zero-order chi connectivity index (χ0) is 14.7. The summed E-state index contributed by atoms with van der Waals surface area (Å²) < 4.78 is 5.44. The average Bonchev–Trinajstić information content (AvgIpc) is 2.47. The summed E-state index contributed by atoms with van der Waals surface area (Å²) in [4.78, 5) is 0. The molecule has 0 fully saturated rings. The Morgan fingerprint density at radius 3 is 2.45 bits per heavy atom. The Morgan fingerprint density at radius 1 is 1.05 bits per heavy atom. The normalized spacial score (nSPS) is 10.4. The van der Waals surface area contributed by atoms with Gasteiger partial charge in [-0.2, -0.15) is 0 Å². The van der Waals surface area contributed by atoms with Crippen LogP contribution in [0.25, 0.3) is 0 Å². The maximum absolute atomic E-state index is 5.44. The number of aryl methyl sites for hydroxylation is 1. The molecule has 0 aliphatic heterocycles. The molecule has 2 aromatic carbocycles. The maximum atomic E-state index is 5.44. The molecule has 2 heteroatoms. The van der Waals surface area contributed by atoms with Crippen molar-refractivity contribution in [3.05, 3.63) is 58.1 Å². The van der Waals surface area contributed by atoms with Crippen LogP contribution in [0, 0.1) is 20.8 Å². The van der Waals surface area contributed by atoms with Crippen LogP contribution < -0.4 is 10.1 Å². The van der Waals surface area contributed by atoms with Gasteiger partial charge < -0.3 is 10.1 Å². The van der Waals surface area contributed by atoms with Crippen molar-refractivity contribution >= 4 is 5.69 Å². The molecule has 106 valence electrons. The minimum absolute atomic E-state index is 0.956. The quantitative estimate of drug-likeness (QED) is 0.895. The van der Waals surface area contributed by atoms with E-state index >= 15 is 0 Å². The van der Waals surface area contributed by atoms with E-state index in [4.69, 9.17) is 4.74 Å². The van der Waals surface area contributed by atoms with Crippen LogP contribution in [-0.2, 0) is 6.42 Å². The molecule has 20 heavy (non-hydrogen) atoms. The van der Waals surface area contributed by atoms with E-state index in [1.54, 1.807) is 7.11 Å². The first-order chi connectivity index (χ1) is 9.56. The molecule has 0 unspecified atom stereocenters. The first kappa shape index (κ1) is 14.4. The third kappa shape index (κ3) is 2.79. The number of ether oxygens (including phenoxy) is 1. The molecule has 2 rings (SSSR count). The first-order valence-corrected chi connectivity index (χ1v) is 6.97. The molecule has 0 radical (unpaired) electrons. The largest absolute Gasteiger partial charge is 0.496 e. The highest BCUT2D eigenvalue weighted by Crippen LogP contribution is 2.29. The summed E-state index contributed by atoms with van der Waals surface area (Å²) >= 11 is 0. The van der Waals surface area contributed by atoms with Gasteiger partial charge in [0.15, 0.2) is 0 Å². The van der Waals surface area contributed by atoms with Gasteiger partial charge in [-0.15, -0.1) is 0 Å². The van der Waals surface area contributed by atoms with E-state index in [1.807, 2.05) is 7.05 Å². The SMILES string of the molecule is CNc1cccc(Cc2c(C)cc(OC)c(C)c2C)c1. The van der Waals surface area contributed by atoms with Gasteiger partial charge in [-0.1, -0.05) is 12.1 Å². The highest BCUT2D eigenvalue weighted by Gasteiger charge is 2.11. The van der Waals surface area contributed by atoms with Gasteiger partial charge in [-0.05, 0) is 73.2 Å². The van der Waals surface area contributed by atoms with Crippen LogP contribution in [0.3, 0.4) is 0 Å². The molecule has 1 N–H and O–H groups in total. The van der Waals surface area contributed by atoms with Crippen molar-refractivity contribution in [1.82, 2.24) is 0 Å². The van der Waals surface area contributed by atoms with Crippen LogP contribution in [0.4, 0.5) is 5.69 Å². The molecule has 0 saturated carbocycles. The fourth-order valence-corrected chi connectivity index (χ4v) is 2.62. The van der Waals surface area contributed by atoms with Crippen LogP contribution in [0.1, 0.15) is 27.8 Å². The fraction of sp³-hybridized carbons (Fsp3) is 0.333. The molecule has 0 aliphatic carbocycles. The van der Waals surface area contributed by atoms with E-state index in [-0.39, 0.29) is 0 Å². The Labute approximate surface area is 121 Å². The number of benzene rings is 2. The first-order valence-electron chi connectivity index (χ1n) is 6.97. The van der Waals surface area contributed by atoms with Gasteiger partial charge in [0.05, 0.1) is 7.11 Å². The van der Waals surface area contributed by atoms with E-state index in [1.165, 1.54) is 27.8 Å². The molecular formula is C18H23NO. The molecular weight excluding hydrogens is 246 g/mol. The van der Waals surface area contributed by atoms with Gasteiger partial charge in [0.2, 0.25) is 0 Å². The lowest BCUT2D eigenvalue weighted by Gasteiger charge is -2.16. The number of anilines is 1. The topological polar surface area (TPSA) is 21.3 Å². The van der Waals surface area contributed by atoms with Gasteiger partial charge in [0.1, 0.15) is 5.75 Å². The van der Waals surface area contributed by atoms with Crippen molar-refractivity contribution in [2.75, 3.05) is 19.5 Å². The van der Waals surface area contributed by atoms with Crippen molar-refractivity contribution in [1.29, 1.82) is 0 Å². The number of methoxy groups -OCH3 is 1. The average molecular weight is 269 g/mol. The van der Waals surface area contributed by atoms with Gasteiger partial charge in [-0.3, -0.25) is 0 Å². The van der Waals surface area contributed by atoms with Gasteiger partial charge in [-0.25, -0.2) is 0 Å². The Hall–Kier alpha value is -1.96. The van der Waals surface area contributed by atoms with Crippen LogP contribution in [0.15, 0.2) is 30.3 Å². The molecule has 0 amide bonds. The van der Waals surface area contributed by atoms with Crippen LogP contribution in [-0.4, -0.2) is 14.2 Å². The van der Waals surface area contributed by atoms with E-state index in [0.717, 1.165) is 17.9 Å². The van der Waals surface area contributed by atoms with Gasteiger partial charge in [0.25, 0.3) is 0 Å². The van der Waals surface area contributed by atoms with Gasteiger partial charge in [0, 0.05) is 12.7 Å². The van der Waals surface area contributed by atoms with Crippen molar-refractivity contribution in [3.63, 3.8) is 0 Å². The number of hydrogen-bond acceptors (Lipinski definition) is 2. The second-order valence-corrected chi connectivity index (χ2v) is 5.25. The van der Waals surface area contributed by atoms with Crippen LogP contribution in [0.5, 0.6) is 5.75 Å². The number of hydrogen-bond donors (Lipinski definition) is 1. The van der Waals surface area contributed by atoms with Crippen LogP contribution in [0.2, 0.25) is 0 Å². The molecule has 0 heterocycles. The summed E-state index contributed by atoms with van der Waals surface area (Å²) in [5.74, 6) is 0.979. The Bertz CT molecular complexity index is 617. The Balaban J connectivity index is 2.40. The lowest BCUT2D eigenvalue weighted by molar-refractivity contribution is 0.410. The van der Waals surface area contributed by atoms with Gasteiger partial charge >= 0.3 is 0 Å². The van der Waals surface area contributed by atoms with Crippen molar-refractivity contribution in [2.24, 2.45) is 0 Å². The summed E-state index contributed by atoms with van der Waals surface area (Å²) in [6.07, 6.45) is 0.956. The van der Waals surface area contributed by atoms with Crippen molar-refractivity contribution in [2.45, 2.75) is 27.2 Å². The molecule has 2 aromatic rings. The zero-order valence-electron chi connectivity index (χ0n) is 13.0. The summed E-state index contributed by atoms with van der Waals surface area (Å²) in [7, 11) is 3.68. The second-order valence-electron chi connectivity index (χ2n) is 5.25. The summed E-state index contributed by atoms with van der Waals surface area (Å²) in [6, 6.07) is 10.7. The second kappa shape index (κ2) is 6.00. The third-order valence-electron chi connectivity index (χ3n) is 4.02. The molecule has 0 spiro atoms. The van der Waals surface area contributed by atoms with E-state index in [9.17, 15) is 0 Å². The maximum Gasteiger partial charge on any atom is 0.122 e. The molecule has 0 atom stereocenters. The number of rotatable bonds is 4. The molecule has 2 nitrogen and oxygen atoms in total. The van der Waals surface area contributed by atoms with E-state index < -0.39 is 0 Å². The predicted octanol–water partition coefficient (Wildman–Crippen LogP) is 4.25. The monoisotopic (exact) mass is 269 g/mol. The highest BCUT2D eigenvalue weighted by atomic mass is 16.5. The summed E-state index contributed by atoms with van der Waals surface area (Å²) in [6.45, 7) is 6.47. The van der Waals surface area contributed by atoms with Crippen LogP contribution >= 0.6 is 0 Å². The van der Waals surface area contributed by atoms with E-state index in [2.05, 4.69) is 56.4 Å². The smallest absolute Gasteiger partial charge is 0.122 e. The van der Waals surface area contributed by atoms with Crippen molar-refractivity contribution < 1.29 is 4.74 Å². The minimum atomic E-state index is 0.956. The minimum Gasteiger partial charge on any atom is -0.496 e. The lowest BCUT2D eigenvalue weighted by Crippen LogP contribution is -2.01. The lowest BCUT2D eigenvalue weighted by atomic mass is 9.92. The van der Waals surface area contributed by atoms with Crippen molar-refractivity contribution in [3.8, 4) is 5.75 Å². The third-order valence-corrected chi connectivity index (χ3v) is 4.02. The Kier molecular flexibility index (Phi) is 4.33. The standard InChI is InChI=1S/C18H23NO/c1-12-9-18(20-5)14(3)13(2)17(12)11-15-7-6-8-16(10-15)19-4/h6-10,19H,11H2,1-5H3. The predicted molar refractivity (Wildman–Crippen MR) is 86.0 cm³/mol. The molecule has 0 aliphatic rings. The molecule has 0 saturated heterocycles. The molecule has 0 aromatic heterocycles. The Morgan fingerprint density at radius 2 is 1.80 bits per heavy atom. The molecule has 0 bridgehead atoms. The fourth-order valence-electron chi connectivity index (χ4n) is 2.62. The highest BCUT2D eigenvalue weighted by molar-refractivity contribution is 5.51. The summed E-state index contributed by atoms with van der Waals surface area (Å²) in [5, 5.41) is 3.19. The zero-order valence-corrected chi connectivity index (χ0v) is 13.0. The summed E-state index contributed by atoms with van der Waals surface area (Å²) in [5.41, 5.74) is 7.74. The van der Waals surface area contributed by atoms with E-state index in [0.29, 0.717) is 0 Å².